The molecule has 0 amide bonds. The molecule has 228 valence electrons. The highest BCUT2D eigenvalue weighted by Gasteiger charge is 2.56. The molecule has 0 heterocycles. The second kappa shape index (κ2) is 9.81. The summed E-state index contributed by atoms with van der Waals surface area (Å²) >= 11 is 0. The SMILES string of the molecule is CC1(C)c2ccccc2-c2ccc(N(c3cccc(-c4ccccc4)c3)c3ccc4c(c3)C3(CC5CCC3C5)c3ccccc3-4)cc21. The lowest BCUT2D eigenvalue weighted by Gasteiger charge is -2.37. The molecule has 47 heavy (non-hydrogen) atoms. The normalized spacial score (nSPS) is 22.2. The van der Waals surface area contributed by atoms with Gasteiger partial charge in [0.05, 0.1) is 0 Å². The number of nitrogens with zero attached hydrogens (tertiary/aromatic N) is 1. The third-order valence-corrected chi connectivity index (χ3v) is 12.3. The van der Waals surface area contributed by atoms with Crippen molar-refractivity contribution >= 4 is 17.1 Å². The van der Waals surface area contributed by atoms with Crippen molar-refractivity contribution in [3.63, 3.8) is 0 Å². The van der Waals surface area contributed by atoms with Crippen molar-refractivity contribution < 1.29 is 0 Å². The molecule has 2 fully saturated rings. The van der Waals surface area contributed by atoms with Crippen molar-refractivity contribution in [2.45, 2.75) is 50.4 Å². The average Bonchev–Trinajstić information content (AvgIpc) is 3.86. The maximum absolute atomic E-state index is 2.58. The average molecular weight is 606 g/mol. The van der Waals surface area contributed by atoms with Gasteiger partial charge in [0.15, 0.2) is 0 Å². The van der Waals surface area contributed by atoms with E-state index >= 15 is 0 Å². The highest BCUT2D eigenvalue weighted by molar-refractivity contribution is 5.89. The summed E-state index contributed by atoms with van der Waals surface area (Å²) in [5.41, 5.74) is 17.8. The number of hydrogen-bond donors (Lipinski definition) is 0. The fourth-order valence-electron chi connectivity index (χ4n) is 10.3. The molecule has 2 bridgehead atoms. The van der Waals surface area contributed by atoms with Crippen LogP contribution in [-0.4, -0.2) is 0 Å². The monoisotopic (exact) mass is 605 g/mol. The maximum Gasteiger partial charge on any atom is 0.0467 e. The Morgan fingerprint density at radius 3 is 1.81 bits per heavy atom. The van der Waals surface area contributed by atoms with Gasteiger partial charge in [-0.2, -0.15) is 0 Å². The van der Waals surface area contributed by atoms with Crippen LogP contribution in [0.25, 0.3) is 33.4 Å². The largest absolute Gasteiger partial charge is 0.310 e. The second-order valence-electron chi connectivity index (χ2n) is 15.0. The standard InChI is InChI=1S/C46H39N/c1-45(2)41-17-8-6-15-37(41)39-23-21-35(27-43(39)45)47(34-14-10-13-32(26-34)31-11-4-3-5-12-31)36-22-24-40-38-16-7-9-18-42(38)46(44(40)28-36)29-30-19-20-33(46)25-30/h3-18,21-24,26-28,30,33H,19-20,25,29H2,1-2H3. The molecule has 3 atom stereocenters. The van der Waals surface area contributed by atoms with E-state index in [1.165, 1.54) is 87.3 Å². The Kier molecular flexibility index (Phi) is 5.69. The molecule has 10 rings (SSSR count). The molecular weight excluding hydrogens is 567 g/mol. The van der Waals surface area contributed by atoms with E-state index in [1.807, 2.05) is 0 Å². The maximum atomic E-state index is 2.58. The summed E-state index contributed by atoms with van der Waals surface area (Å²) in [6.07, 6.45) is 5.42. The predicted molar refractivity (Wildman–Crippen MR) is 196 cm³/mol. The van der Waals surface area contributed by atoms with Crippen molar-refractivity contribution in [1.82, 2.24) is 0 Å². The molecular formula is C46H39N. The molecule has 2 saturated carbocycles. The number of benzene rings is 6. The fourth-order valence-corrected chi connectivity index (χ4v) is 10.3. The van der Waals surface area contributed by atoms with Crippen LogP contribution in [0.15, 0.2) is 140 Å². The van der Waals surface area contributed by atoms with E-state index in [-0.39, 0.29) is 10.8 Å². The third kappa shape index (κ3) is 3.77. The molecule has 4 aliphatic carbocycles. The summed E-state index contributed by atoms with van der Waals surface area (Å²) in [6.45, 7) is 4.76. The van der Waals surface area contributed by atoms with Gasteiger partial charge in [-0.05, 0) is 123 Å². The molecule has 0 radical (unpaired) electrons. The molecule has 0 N–H and O–H groups in total. The van der Waals surface area contributed by atoms with Crippen LogP contribution in [0.3, 0.4) is 0 Å². The smallest absolute Gasteiger partial charge is 0.0467 e. The molecule has 3 unspecified atom stereocenters. The van der Waals surface area contributed by atoms with Crippen molar-refractivity contribution in [3.05, 3.63) is 162 Å². The lowest BCUT2D eigenvalue weighted by molar-refractivity contribution is 0.327. The van der Waals surface area contributed by atoms with E-state index in [4.69, 9.17) is 0 Å². The Bertz CT molecular complexity index is 2210. The Morgan fingerprint density at radius 2 is 1.09 bits per heavy atom. The van der Waals surface area contributed by atoms with Crippen LogP contribution in [0.2, 0.25) is 0 Å². The molecule has 4 aliphatic rings. The number of hydrogen-bond acceptors (Lipinski definition) is 1. The molecule has 1 spiro atoms. The Labute approximate surface area is 278 Å². The van der Waals surface area contributed by atoms with Crippen LogP contribution in [0.4, 0.5) is 17.1 Å². The van der Waals surface area contributed by atoms with E-state index < -0.39 is 0 Å². The van der Waals surface area contributed by atoms with Crippen LogP contribution < -0.4 is 4.90 Å². The zero-order valence-electron chi connectivity index (χ0n) is 27.2. The Morgan fingerprint density at radius 1 is 0.489 bits per heavy atom. The number of fused-ring (bicyclic) bond motifs is 11. The number of anilines is 3. The summed E-state index contributed by atoms with van der Waals surface area (Å²) in [4.78, 5) is 2.52. The molecule has 0 aliphatic heterocycles. The fraction of sp³-hybridized carbons (Fsp3) is 0.217. The summed E-state index contributed by atoms with van der Waals surface area (Å²) in [5, 5.41) is 0. The minimum atomic E-state index is -0.0633. The van der Waals surface area contributed by atoms with Crippen molar-refractivity contribution in [1.29, 1.82) is 0 Å². The highest BCUT2D eigenvalue weighted by Crippen LogP contribution is 2.66. The summed E-state index contributed by atoms with van der Waals surface area (Å²) in [6, 6.07) is 52.8. The summed E-state index contributed by atoms with van der Waals surface area (Å²) in [7, 11) is 0. The van der Waals surface area contributed by atoms with Gasteiger partial charge in [-0.15, -0.1) is 0 Å². The molecule has 6 aromatic carbocycles. The van der Waals surface area contributed by atoms with Gasteiger partial charge < -0.3 is 4.90 Å². The van der Waals surface area contributed by atoms with Gasteiger partial charge in [-0.1, -0.05) is 123 Å². The van der Waals surface area contributed by atoms with Crippen molar-refractivity contribution in [3.8, 4) is 33.4 Å². The molecule has 1 nitrogen and oxygen atoms in total. The predicted octanol–water partition coefficient (Wildman–Crippen LogP) is 12.2. The van der Waals surface area contributed by atoms with Gasteiger partial charge in [0, 0.05) is 27.9 Å². The second-order valence-corrected chi connectivity index (χ2v) is 15.0. The van der Waals surface area contributed by atoms with Crippen LogP contribution in [0.1, 0.15) is 61.8 Å². The summed E-state index contributed by atoms with van der Waals surface area (Å²) < 4.78 is 0. The molecule has 6 aromatic rings. The molecule has 1 heteroatoms. The van der Waals surface area contributed by atoms with Crippen LogP contribution in [-0.2, 0) is 10.8 Å². The lowest BCUT2D eigenvalue weighted by atomic mass is 9.67. The van der Waals surface area contributed by atoms with Crippen molar-refractivity contribution in [2.24, 2.45) is 11.8 Å². The van der Waals surface area contributed by atoms with Crippen LogP contribution in [0, 0.1) is 11.8 Å². The van der Waals surface area contributed by atoms with Gasteiger partial charge >= 0.3 is 0 Å². The van der Waals surface area contributed by atoms with E-state index in [0.717, 1.165) is 11.8 Å². The molecule has 0 saturated heterocycles. The lowest BCUT2D eigenvalue weighted by Crippen LogP contribution is -2.32. The van der Waals surface area contributed by atoms with Crippen molar-refractivity contribution in [2.75, 3.05) is 4.90 Å². The van der Waals surface area contributed by atoms with E-state index in [0.29, 0.717) is 0 Å². The number of rotatable bonds is 4. The van der Waals surface area contributed by atoms with Crippen LogP contribution in [0.5, 0.6) is 0 Å². The zero-order valence-corrected chi connectivity index (χ0v) is 27.2. The van der Waals surface area contributed by atoms with Gasteiger partial charge in [0.1, 0.15) is 0 Å². The topological polar surface area (TPSA) is 3.24 Å². The van der Waals surface area contributed by atoms with Gasteiger partial charge in [-0.25, -0.2) is 0 Å². The van der Waals surface area contributed by atoms with E-state index in [2.05, 4.69) is 158 Å². The first-order valence-corrected chi connectivity index (χ1v) is 17.5. The quantitative estimate of drug-likeness (QED) is 0.193. The highest BCUT2D eigenvalue weighted by atomic mass is 15.1. The van der Waals surface area contributed by atoms with Gasteiger partial charge in [-0.3, -0.25) is 0 Å². The molecule has 0 aromatic heterocycles. The Hall–Kier alpha value is -4.88. The first-order valence-electron chi connectivity index (χ1n) is 17.5. The van der Waals surface area contributed by atoms with E-state index in [1.54, 1.807) is 11.1 Å². The minimum Gasteiger partial charge on any atom is -0.310 e. The van der Waals surface area contributed by atoms with Gasteiger partial charge in [0.25, 0.3) is 0 Å². The van der Waals surface area contributed by atoms with Crippen LogP contribution >= 0.6 is 0 Å². The minimum absolute atomic E-state index is 0.0633. The first kappa shape index (κ1) is 27.3. The summed E-state index contributed by atoms with van der Waals surface area (Å²) in [5.74, 6) is 1.58. The van der Waals surface area contributed by atoms with E-state index in [9.17, 15) is 0 Å². The first-order chi connectivity index (χ1) is 23.0. The Balaban J connectivity index is 1.18. The zero-order chi connectivity index (χ0) is 31.3. The van der Waals surface area contributed by atoms with Gasteiger partial charge in [0.2, 0.25) is 0 Å². The third-order valence-electron chi connectivity index (χ3n) is 12.3.